The van der Waals surface area contributed by atoms with Crippen molar-refractivity contribution in [1.82, 2.24) is 9.88 Å². The molecule has 0 radical (unpaired) electrons. The molecule has 1 heterocycles. The number of carbonyl (C=O) groups is 2. The van der Waals surface area contributed by atoms with Crippen LogP contribution in [0.1, 0.15) is 19.4 Å². The molecule has 0 aromatic carbocycles. The second-order valence-electron chi connectivity index (χ2n) is 4.81. The number of hydrogen-bond donors (Lipinski definition) is 1. The highest BCUT2D eigenvalue weighted by Gasteiger charge is 2.46. The first-order valence-electron chi connectivity index (χ1n) is 6.14. The van der Waals surface area contributed by atoms with Crippen molar-refractivity contribution in [3.05, 3.63) is 30.1 Å². The molecule has 0 aliphatic rings. The average Bonchev–Trinajstić information content (AvgIpc) is 2.36. The van der Waals surface area contributed by atoms with E-state index in [0.29, 0.717) is 10.5 Å². The van der Waals surface area contributed by atoms with E-state index in [9.17, 15) is 22.8 Å². The van der Waals surface area contributed by atoms with E-state index in [1.165, 1.54) is 38.4 Å². The molecule has 0 aliphatic carbocycles. The number of nitrogens with zero attached hydrogens (tertiary/aromatic N) is 2. The molecule has 5 nitrogen and oxygen atoms in total. The van der Waals surface area contributed by atoms with Gasteiger partial charge in [0.25, 0.3) is 0 Å². The van der Waals surface area contributed by atoms with Gasteiger partial charge in [-0.3, -0.25) is 9.78 Å². The van der Waals surface area contributed by atoms with Gasteiger partial charge in [-0.15, -0.1) is 0 Å². The number of carboxylic acid groups (broad SMARTS) is 1. The van der Waals surface area contributed by atoms with E-state index in [1.54, 1.807) is 0 Å². The van der Waals surface area contributed by atoms with Crippen molar-refractivity contribution in [3.8, 4) is 0 Å². The fraction of sp³-hybridized carbons (Fsp3) is 0.462. The van der Waals surface area contributed by atoms with Crippen LogP contribution in [0.25, 0.3) is 0 Å². The van der Waals surface area contributed by atoms with E-state index >= 15 is 0 Å². The van der Waals surface area contributed by atoms with Gasteiger partial charge in [0.15, 0.2) is 0 Å². The molecule has 0 saturated heterocycles. The van der Waals surface area contributed by atoms with Crippen molar-refractivity contribution >= 4 is 11.9 Å². The number of amides is 1. The van der Waals surface area contributed by atoms with Crippen molar-refractivity contribution < 1.29 is 27.9 Å². The first-order valence-corrected chi connectivity index (χ1v) is 6.14. The number of pyridine rings is 1. The fourth-order valence-corrected chi connectivity index (χ4v) is 1.92. The summed E-state index contributed by atoms with van der Waals surface area (Å²) in [4.78, 5) is 26.8. The summed E-state index contributed by atoms with van der Waals surface area (Å²) >= 11 is 0. The molecular formula is C13H15F3N2O3. The smallest absolute Gasteiger partial charge is 0.471 e. The lowest BCUT2D eigenvalue weighted by molar-refractivity contribution is -0.191. The summed E-state index contributed by atoms with van der Waals surface area (Å²) in [6.45, 7) is 2.44. The van der Waals surface area contributed by atoms with Gasteiger partial charge >= 0.3 is 18.1 Å². The molecule has 0 spiro atoms. The molecule has 0 fully saturated rings. The fourth-order valence-electron chi connectivity index (χ4n) is 1.92. The summed E-state index contributed by atoms with van der Waals surface area (Å²) in [5.41, 5.74) is 0.370. The molecule has 8 heteroatoms. The highest BCUT2D eigenvalue weighted by molar-refractivity contribution is 5.87. The van der Waals surface area contributed by atoms with Gasteiger partial charge in [0, 0.05) is 18.9 Å². The van der Waals surface area contributed by atoms with Crippen LogP contribution in [0.3, 0.4) is 0 Å². The van der Waals surface area contributed by atoms with Gasteiger partial charge in [-0.25, -0.2) is 4.79 Å². The summed E-state index contributed by atoms with van der Waals surface area (Å²) in [6.07, 6.45) is -2.41. The first kappa shape index (κ1) is 16.9. The summed E-state index contributed by atoms with van der Waals surface area (Å²) in [5.74, 6) is -4.31. The van der Waals surface area contributed by atoms with E-state index in [4.69, 9.17) is 5.11 Å². The van der Waals surface area contributed by atoms with Gasteiger partial charge in [-0.1, -0.05) is 13.8 Å². The van der Waals surface area contributed by atoms with Gasteiger partial charge in [0.05, 0.1) is 0 Å². The van der Waals surface area contributed by atoms with E-state index in [2.05, 4.69) is 4.98 Å². The topological polar surface area (TPSA) is 70.5 Å². The third-order valence-electron chi connectivity index (χ3n) is 2.83. The van der Waals surface area contributed by atoms with Crippen molar-refractivity contribution in [1.29, 1.82) is 0 Å². The van der Waals surface area contributed by atoms with Crippen LogP contribution in [0.4, 0.5) is 13.2 Å². The SMILES string of the molecule is CC(C)C(C(=O)O)N(Cc1ccncc1)C(=O)C(F)(F)F. The number of carboxylic acids is 1. The van der Waals surface area contributed by atoms with E-state index in [-0.39, 0.29) is 0 Å². The normalized spacial score (nSPS) is 13.0. The average molecular weight is 304 g/mol. The Morgan fingerprint density at radius 1 is 1.29 bits per heavy atom. The number of aliphatic carboxylic acids is 1. The van der Waals surface area contributed by atoms with Crippen LogP contribution in [0.2, 0.25) is 0 Å². The predicted molar refractivity (Wildman–Crippen MR) is 67.1 cm³/mol. The Morgan fingerprint density at radius 3 is 2.19 bits per heavy atom. The second kappa shape index (κ2) is 6.55. The van der Waals surface area contributed by atoms with Crippen LogP contribution in [0.15, 0.2) is 24.5 Å². The number of halogens is 3. The zero-order chi connectivity index (χ0) is 16.2. The monoisotopic (exact) mass is 304 g/mol. The zero-order valence-electron chi connectivity index (χ0n) is 11.5. The molecule has 1 aromatic rings. The molecule has 0 saturated carbocycles. The molecule has 1 atom stereocenters. The van der Waals surface area contributed by atoms with Gasteiger partial charge < -0.3 is 10.0 Å². The van der Waals surface area contributed by atoms with Crippen molar-refractivity contribution in [3.63, 3.8) is 0 Å². The lowest BCUT2D eigenvalue weighted by Gasteiger charge is -2.32. The molecular weight excluding hydrogens is 289 g/mol. The molecule has 1 aromatic heterocycles. The number of rotatable bonds is 5. The molecule has 1 unspecified atom stereocenters. The Bertz CT molecular complexity index is 503. The summed E-state index contributed by atoms with van der Waals surface area (Å²) < 4.78 is 38.1. The number of aromatic nitrogens is 1. The molecule has 21 heavy (non-hydrogen) atoms. The highest BCUT2D eigenvalue weighted by atomic mass is 19.4. The van der Waals surface area contributed by atoms with Gasteiger partial charge in [-0.05, 0) is 23.6 Å². The Labute approximate surface area is 119 Å². The standard InChI is InChI=1S/C13H15F3N2O3/c1-8(2)10(11(19)20)18(12(21)13(14,15)16)7-9-3-5-17-6-4-9/h3-6,8,10H,7H2,1-2H3,(H,19,20). The summed E-state index contributed by atoms with van der Waals surface area (Å²) in [7, 11) is 0. The van der Waals surface area contributed by atoms with Gasteiger partial charge in [0.1, 0.15) is 6.04 Å². The maximum atomic E-state index is 12.7. The molecule has 1 amide bonds. The molecule has 1 N–H and O–H groups in total. The van der Waals surface area contributed by atoms with Gasteiger partial charge in [0.2, 0.25) is 0 Å². The molecule has 1 rings (SSSR count). The Hall–Kier alpha value is -2.12. The highest BCUT2D eigenvalue weighted by Crippen LogP contribution is 2.24. The van der Waals surface area contributed by atoms with Crippen LogP contribution < -0.4 is 0 Å². The molecule has 116 valence electrons. The predicted octanol–water partition coefficient (Wildman–Crippen LogP) is 2.08. The van der Waals surface area contributed by atoms with Crippen molar-refractivity contribution in [2.24, 2.45) is 5.92 Å². The Balaban J connectivity index is 3.16. The third-order valence-corrected chi connectivity index (χ3v) is 2.83. The van der Waals surface area contributed by atoms with Crippen LogP contribution in [0.5, 0.6) is 0 Å². The lowest BCUT2D eigenvalue weighted by Crippen LogP contribution is -2.52. The third kappa shape index (κ3) is 4.44. The maximum Gasteiger partial charge on any atom is 0.471 e. The number of hydrogen-bond acceptors (Lipinski definition) is 3. The van der Waals surface area contributed by atoms with E-state index in [1.807, 2.05) is 0 Å². The minimum Gasteiger partial charge on any atom is -0.480 e. The number of carbonyl (C=O) groups excluding carboxylic acids is 1. The van der Waals surface area contributed by atoms with E-state index in [0.717, 1.165) is 0 Å². The van der Waals surface area contributed by atoms with Crippen LogP contribution in [-0.2, 0) is 16.1 Å². The largest absolute Gasteiger partial charge is 0.480 e. The Kier molecular flexibility index (Phi) is 5.28. The summed E-state index contributed by atoms with van der Waals surface area (Å²) in [5, 5.41) is 9.13. The number of alkyl halides is 3. The van der Waals surface area contributed by atoms with Crippen LogP contribution in [0, 0.1) is 5.92 Å². The van der Waals surface area contributed by atoms with Crippen LogP contribution >= 0.6 is 0 Å². The quantitative estimate of drug-likeness (QED) is 0.904. The first-order chi connectivity index (χ1) is 9.64. The lowest BCUT2D eigenvalue weighted by atomic mass is 10.0. The van der Waals surface area contributed by atoms with Gasteiger partial charge in [-0.2, -0.15) is 13.2 Å². The minimum atomic E-state index is -5.13. The minimum absolute atomic E-state index is 0.336. The molecule has 0 bridgehead atoms. The van der Waals surface area contributed by atoms with Crippen LogP contribution in [-0.4, -0.2) is 39.1 Å². The molecule has 0 aliphatic heterocycles. The Morgan fingerprint density at radius 2 is 1.81 bits per heavy atom. The van der Waals surface area contributed by atoms with E-state index < -0.39 is 36.6 Å². The van der Waals surface area contributed by atoms with Crippen molar-refractivity contribution in [2.75, 3.05) is 0 Å². The zero-order valence-corrected chi connectivity index (χ0v) is 11.5. The maximum absolute atomic E-state index is 12.7. The summed E-state index contributed by atoms with van der Waals surface area (Å²) in [6, 6.07) is 1.29. The van der Waals surface area contributed by atoms with Crippen molar-refractivity contribution in [2.45, 2.75) is 32.6 Å². The second-order valence-corrected chi connectivity index (χ2v) is 4.81.